The second-order valence-electron chi connectivity index (χ2n) is 7.58. The maximum absolute atomic E-state index is 12.9. The fraction of sp³-hybridized carbons (Fsp3) is 0.444. The van der Waals surface area contributed by atoms with E-state index in [4.69, 9.17) is 4.74 Å². The Morgan fingerprint density at radius 3 is 2.72 bits per heavy atom. The number of nitrogens with zero attached hydrogens (tertiary/aromatic N) is 6. The first kappa shape index (κ1) is 18.0. The number of H-pyrrole nitrogens is 1. The van der Waals surface area contributed by atoms with Crippen LogP contribution in [0.5, 0.6) is 5.88 Å². The molecule has 2 fully saturated rings. The number of nitrogens with one attached hydrogen (secondary N) is 1. The minimum atomic E-state index is -4.44. The van der Waals surface area contributed by atoms with Crippen LogP contribution in [0, 0.1) is 5.41 Å². The van der Waals surface area contributed by atoms with Gasteiger partial charge in [0.05, 0.1) is 13.3 Å². The number of hydrogen-bond acceptors (Lipinski definition) is 7. The van der Waals surface area contributed by atoms with Gasteiger partial charge in [-0.05, 0) is 18.6 Å². The van der Waals surface area contributed by atoms with Crippen LogP contribution in [-0.4, -0.2) is 58.4 Å². The van der Waals surface area contributed by atoms with Gasteiger partial charge in [-0.1, -0.05) is 0 Å². The Morgan fingerprint density at radius 1 is 1.17 bits per heavy atom. The average molecular weight is 405 g/mol. The molecule has 2 aliphatic heterocycles. The Bertz CT molecular complexity index is 1060. The Labute approximate surface area is 163 Å². The summed E-state index contributed by atoms with van der Waals surface area (Å²) in [4.78, 5) is 16.5. The Hall–Kier alpha value is -3.11. The van der Waals surface area contributed by atoms with E-state index < -0.39 is 11.9 Å². The number of halogens is 3. The van der Waals surface area contributed by atoms with Crippen LogP contribution in [0.3, 0.4) is 0 Å². The highest BCUT2D eigenvalue weighted by atomic mass is 19.4. The number of ether oxygens (including phenoxy) is 1. The summed E-state index contributed by atoms with van der Waals surface area (Å²) in [5, 5.41) is 6.84. The van der Waals surface area contributed by atoms with E-state index in [0.29, 0.717) is 35.8 Å². The molecule has 0 saturated carbocycles. The number of hydrogen-bond donors (Lipinski definition) is 1. The topological polar surface area (TPSA) is 83.1 Å². The van der Waals surface area contributed by atoms with Crippen LogP contribution < -0.4 is 14.5 Å². The molecule has 0 atom stereocenters. The van der Waals surface area contributed by atoms with Crippen LogP contribution in [0.4, 0.5) is 24.7 Å². The fourth-order valence-corrected chi connectivity index (χ4v) is 4.17. The van der Waals surface area contributed by atoms with Gasteiger partial charge in [-0.15, -0.1) is 5.10 Å². The molecule has 1 spiro atoms. The Kier molecular flexibility index (Phi) is 3.83. The SMILES string of the molecule is COc1n[nH]c2nc(N3CCC4(CN(c5ccnc(C(F)(F)F)c5)C4)C3)cnc12. The lowest BCUT2D eigenvalue weighted by molar-refractivity contribution is -0.141. The van der Waals surface area contributed by atoms with E-state index in [2.05, 4.69) is 30.0 Å². The fourth-order valence-electron chi connectivity index (χ4n) is 4.17. The second kappa shape index (κ2) is 6.19. The molecule has 2 saturated heterocycles. The minimum Gasteiger partial charge on any atom is -0.478 e. The first-order valence-electron chi connectivity index (χ1n) is 9.15. The summed E-state index contributed by atoms with van der Waals surface area (Å²) in [6.45, 7) is 3.02. The highest BCUT2D eigenvalue weighted by Gasteiger charge is 2.48. The number of anilines is 2. The number of aromatic nitrogens is 5. The third-order valence-corrected chi connectivity index (χ3v) is 5.63. The summed E-state index contributed by atoms with van der Waals surface area (Å²) in [6.07, 6.45) is -0.565. The summed E-state index contributed by atoms with van der Waals surface area (Å²) < 4.78 is 43.9. The van der Waals surface area contributed by atoms with Gasteiger partial charge in [0.15, 0.2) is 11.2 Å². The molecule has 29 heavy (non-hydrogen) atoms. The van der Waals surface area contributed by atoms with E-state index >= 15 is 0 Å². The predicted molar refractivity (Wildman–Crippen MR) is 99.0 cm³/mol. The van der Waals surface area contributed by atoms with Gasteiger partial charge in [-0.25, -0.2) is 9.97 Å². The highest BCUT2D eigenvalue weighted by molar-refractivity contribution is 5.77. The van der Waals surface area contributed by atoms with Gasteiger partial charge in [-0.2, -0.15) is 13.2 Å². The molecule has 0 radical (unpaired) electrons. The number of aromatic amines is 1. The van der Waals surface area contributed by atoms with Crippen LogP contribution >= 0.6 is 0 Å². The molecule has 2 aliphatic rings. The molecule has 3 aromatic rings. The molecule has 8 nitrogen and oxygen atoms in total. The lowest BCUT2D eigenvalue weighted by atomic mass is 9.79. The molecule has 5 heterocycles. The molecule has 0 unspecified atom stereocenters. The van der Waals surface area contributed by atoms with Crippen LogP contribution in [-0.2, 0) is 6.18 Å². The number of alkyl halides is 3. The van der Waals surface area contributed by atoms with Crippen molar-refractivity contribution in [3.8, 4) is 5.88 Å². The van der Waals surface area contributed by atoms with E-state index in [1.54, 1.807) is 12.3 Å². The quantitative estimate of drug-likeness (QED) is 0.717. The number of fused-ring (bicyclic) bond motifs is 1. The van der Waals surface area contributed by atoms with Gasteiger partial charge < -0.3 is 14.5 Å². The summed E-state index contributed by atoms with van der Waals surface area (Å²) in [6, 6.07) is 2.74. The maximum Gasteiger partial charge on any atom is 0.433 e. The summed E-state index contributed by atoms with van der Waals surface area (Å²) >= 11 is 0. The van der Waals surface area contributed by atoms with Gasteiger partial charge in [0.2, 0.25) is 0 Å². The van der Waals surface area contributed by atoms with Crippen molar-refractivity contribution in [2.45, 2.75) is 12.6 Å². The third kappa shape index (κ3) is 3.00. The van der Waals surface area contributed by atoms with Crippen LogP contribution in [0.1, 0.15) is 12.1 Å². The number of pyridine rings is 1. The monoisotopic (exact) mass is 405 g/mol. The van der Waals surface area contributed by atoms with Crippen molar-refractivity contribution in [3.63, 3.8) is 0 Å². The second-order valence-corrected chi connectivity index (χ2v) is 7.58. The third-order valence-electron chi connectivity index (χ3n) is 5.63. The molecular formula is C18H18F3N7O. The van der Waals surface area contributed by atoms with E-state index in [9.17, 15) is 13.2 Å². The van der Waals surface area contributed by atoms with Crippen LogP contribution in [0.2, 0.25) is 0 Å². The molecule has 0 amide bonds. The lowest BCUT2D eigenvalue weighted by Gasteiger charge is -2.49. The highest BCUT2D eigenvalue weighted by Crippen LogP contribution is 2.43. The number of rotatable bonds is 3. The zero-order chi connectivity index (χ0) is 20.2. The first-order chi connectivity index (χ1) is 13.9. The first-order valence-corrected chi connectivity index (χ1v) is 9.15. The van der Waals surface area contributed by atoms with Crippen LogP contribution in [0.15, 0.2) is 24.5 Å². The molecule has 0 aromatic carbocycles. The smallest absolute Gasteiger partial charge is 0.433 e. The zero-order valence-electron chi connectivity index (χ0n) is 15.6. The molecule has 0 aliphatic carbocycles. The van der Waals surface area contributed by atoms with Crippen molar-refractivity contribution < 1.29 is 17.9 Å². The average Bonchev–Trinajstić information content (AvgIpc) is 3.30. The van der Waals surface area contributed by atoms with Gasteiger partial charge in [-0.3, -0.25) is 10.1 Å². The lowest BCUT2D eigenvalue weighted by Crippen LogP contribution is -2.57. The maximum atomic E-state index is 12.9. The predicted octanol–water partition coefficient (Wildman–Crippen LogP) is 2.49. The van der Waals surface area contributed by atoms with Crippen molar-refractivity contribution in [3.05, 3.63) is 30.2 Å². The van der Waals surface area contributed by atoms with E-state index in [1.165, 1.54) is 13.3 Å². The van der Waals surface area contributed by atoms with Gasteiger partial charge in [0, 0.05) is 43.5 Å². The molecule has 3 aromatic heterocycles. The molecular weight excluding hydrogens is 387 g/mol. The summed E-state index contributed by atoms with van der Waals surface area (Å²) in [7, 11) is 1.53. The molecule has 5 rings (SSSR count). The van der Waals surface area contributed by atoms with E-state index in [0.717, 1.165) is 31.4 Å². The molecule has 152 valence electrons. The van der Waals surface area contributed by atoms with Gasteiger partial charge in [0.25, 0.3) is 5.88 Å². The van der Waals surface area contributed by atoms with Gasteiger partial charge >= 0.3 is 6.18 Å². The largest absolute Gasteiger partial charge is 0.478 e. The van der Waals surface area contributed by atoms with E-state index in [-0.39, 0.29) is 5.41 Å². The molecule has 1 N–H and O–H groups in total. The number of methoxy groups -OCH3 is 1. The Morgan fingerprint density at radius 2 is 1.97 bits per heavy atom. The minimum absolute atomic E-state index is 0.0456. The summed E-state index contributed by atoms with van der Waals surface area (Å²) in [5.41, 5.74) is 0.888. The standard InChI is InChI=1S/C18H18F3N7O/c1-29-16-14-15(25-26-16)24-13(7-23-14)27-5-3-17(8-27)9-28(10-17)11-2-4-22-12(6-11)18(19,20)21/h2,4,6-7H,3,5,8-10H2,1H3,(H,24,25,26). The summed E-state index contributed by atoms with van der Waals surface area (Å²) in [5.74, 6) is 1.16. The molecule has 0 bridgehead atoms. The van der Waals surface area contributed by atoms with Crippen LogP contribution in [0.25, 0.3) is 11.2 Å². The van der Waals surface area contributed by atoms with E-state index in [1.807, 2.05) is 4.90 Å². The van der Waals surface area contributed by atoms with Crippen molar-refractivity contribution in [2.75, 3.05) is 43.1 Å². The normalized spacial score (nSPS) is 18.5. The van der Waals surface area contributed by atoms with Crippen molar-refractivity contribution in [1.29, 1.82) is 0 Å². The molecule has 11 heteroatoms. The van der Waals surface area contributed by atoms with Crippen molar-refractivity contribution >= 4 is 22.7 Å². The van der Waals surface area contributed by atoms with Gasteiger partial charge in [0.1, 0.15) is 11.5 Å². The Balaban J connectivity index is 1.29. The zero-order valence-corrected chi connectivity index (χ0v) is 15.6. The van der Waals surface area contributed by atoms with Crippen molar-refractivity contribution in [1.82, 2.24) is 25.1 Å². The van der Waals surface area contributed by atoms with Crippen molar-refractivity contribution in [2.24, 2.45) is 5.41 Å².